The molecule has 0 aromatic carbocycles. The Balaban J connectivity index is 1.77. The quantitative estimate of drug-likeness (QED) is 0.162. The van der Waals surface area contributed by atoms with Crippen LogP contribution in [0, 0.1) is 11.8 Å². The van der Waals surface area contributed by atoms with Crippen molar-refractivity contribution in [2.24, 2.45) is 11.8 Å². The molecule has 0 bridgehead atoms. The molecule has 2 saturated heterocycles. The van der Waals surface area contributed by atoms with Gasteiger partial charge in [-0.3, -0.25) is 4.79 Å². The standard InChI is InChI=1S/C31H54N2O7Si2/c1-13-14-38-29(37)32-18-21(16-23(32)19-39-41(9,10)30(3,4)5)15-22-17-24-25(27(34)33(24)26(22)28(35)36)20(2)40-42(11,12)31(6,7)8/h13,20-21,23-25H,1,14-19H2,2-12H3,(H,35,36)/t20-,21+,23+,24-,25-/m1/s1. The molecular weight excluding hydrogens is 569 g/mol. The predicted molar refractivity (Wildman–Crippen MR) is 169 cm³/mol. The summed E-state index contributed by atoms with van der Waals surface area (Å²) in [7, 11) is -4.15. The maximum Gasteiger partial charge on any atom is 0.410 e. The zero-order valence-corrected chi connectivity index (χ0v) is 29.7. The third-order valence-corrected chi connectivity index (χ3v) is 19.4. The van der Waals surface area contributed by atoms with Crippen LogP contribution in [0.5, 0.6) is 0 Å². The molecule has 0 aliphatic carbocycles. The summed E-state index contributed by atoms with van der Waals surface area (Å²) in [6.45, 7) is 28.4. The molecule has 3 heterocycles. The van der Waals surface area contributed by atoms with Crippen molar-refractivity contribution in [3.63, 3.8) is 0 Å². The van der Waals surface area contributed by atoms with Gasteiger partial charge in [-0.1, -0.05) is 54.2 Å². The largest absolute Gasteiger partial charge is 0.477 e. The summed E-state index contributed by atoms with van der Waals surface area (Å²) in [5.41, 5.74) is 0.890. The summed E-state index contributed by atoms with van der Waals surface area (Å²) in [5.74, 6) is -1.56. The molecule has 0 radical (unpaired) electrons. The smallest absolute Gasteiger partial charge is 0.410 e. The Morgan fingerprint density at radius 3 is 2.21 bits per heavy atom. The molecule has 2 fully saturated rings. The van der Waals surface area contributed by atoms with Gasteiger partial charge in [-0.25, -0.2) is 9.59 Å². The monoisotopic (exact) mass is 622 g/mol. The van der Waals surface area contributed by atoms with Gasteiger partial charge in [0.25, 0.3) is 0 Å². The number of likely N-dealkylation sites (tertiary alicyclic amines) is 1. The normalized spacial score (nSPS) is 25.8. The van der Waals surface area contributed by atoms with Gasteiger partial charge in [-0.15, -0.1) is 0 Å². The van der Waals surface area contributed by atoms with Gasteiger partial charge in [-0.2, -0.15) is 0 Å². The molecule has 0 saturated carbocycles. The van der Waals surface area contributed by atoms with E-state index in [9.17, 15) is 19.5 Å². The number of carboxylic acid groups (broad SMARTS) is 1. The van der Waals surface area contributed by atoms with Crippen molar-refractivity contribution in [1.82, 2.24) is 9.80 Å². The van der Waals surface area contributed by atoms with Crippen molar-refractivity contribution in [1.29, 1.82) is 0 Å². The molecule has 2 amide bonds. The zero-order chi connectivity index (χ0) is 32.0. The Hall–Kier alpha value is -1.96. The molecule has 3 aliphatic rings. The number of β-lactam (4-membered cyclic amide) rings is 1. The van der Waals surface area contributed by atoms with Gasteiger partial charge in [0.1, 0.15) is 12.3 Å². The Kier molecular flexibility index (Phi) is 10.0. The molecule has 3 aliphatic heterocycles. The van der Waals surface area contributed by atoms with Gasteiger partial charge < -0.3 is 28.5 Å². The molecule has 5 atom stereocenters. The first-order valence-electron chi connectivity index (χ1n) is 15.3. The Morgan fingerprint density at radius 2 is 1.69 bits per heavy atom. The summed E-state index contributed by atoms with van der Waals surface area (Å²) < 4.78 is 18.5. The second-order valence-electron chi connectivity index (χ2n) is 15.4. The number of hydrogen-bond donors (Lipinski definition) is 1. The summed E-state index contributed by atoms with van der Waals surface area (Å²) in [4.78, 5) is 42.0. The minimum atomic E-state index is -2.11. The van der Waals surface area contributed by atoms with Crippen molar-refractivity contribution in [3.05, 3.63) is 23.9 Å². The molecule has 3 rings (SSSR count). The molecule has 0 aromatic heterocycles. The van der Waals surface area contributed by atoms with Gasteiger partial charge in [-0.05, 0) is 73.9 Å². The number of rotatable bonds is 11. The van der Waals surface area contributed by atoms with Crippen LogP contribution in [0.4, 0.5) is 4.79 Å². The highest BCUT2D eigenvalue weighted by Gasteiger charge is 2.58. The van der Waals surface area contributed by atoms with E-state index >= 15 is 0 Å². The molecule has 9 nitrogen and oxygen atoms in total. The number of nitrogens with zero attached hydrogens (tertiary/aromatic N) is 2. The Morgan fingerprint density at radius 1 is 1.10 bits per heavy atom. The van der Waals surface area contributed by atoms with Crippen LogP contribution in [0.15, 0.2) is 23.9 Å². The molecule has 1 N–H and O–H groups in total. The molecule has 0 spiro atoms. The average Bonchev–Trinajstić information content (AvgIpc) is 3.38. The van der Waals surface area contributed by atoms with Crippen LogP contribution in [0.25, 0.3) is 0 Å². The van der Waals surface area contributed by atoms with Crippen molar-refractivity contribution in [2.75, 3.05) is 19.8 Å². The molecular formula is C31H54N2O7Si2. The maximum atomic E-state index is 13.3. The lowest BCUT2D eigenvalue weighted by molar-refractivity contribution is -0.160. The first-order chi connectivity index (χ1) is 19.1. The lowest BCUT2D eigenvalue weighted by atomic mass is 9.82. The summed E-state index contributed by atoms with van der Waals surface area (Å²) >= 11 is 0. The van der Waals surface area contributed by atoms with Crippen LogP contribution in [-0.4, -0.2) is 87.5 Å². The maximum absolute atomic E-state index is 13.3. The summed E-state index contributed by atoms with van der Waals surface area (Å²) in [5, 5.41) is 10.2. The molecule has 11 heteroatoms. The number of aliphatic carboxylic acids is 1. The number of carbonyl (C=O) groups excluding carboxylic acids is 2. The lowest BCUT2D eigenvalue weighted by Gasteiger charge is -2.48. The van der Waals surface area contributed by atoms with Crippen LogP contribution in [0.3, 0.4) is 0 Å². The Bertz CT molecular complexity index is 1110. The number of ether oxygens (including phenoxy) is 1. The Labute approximate surface area is 254 Å². The van der Waals surface area contributed by atoms with E-state index in [2.05, 4.69) is 74.3 Å². The van der Waals surface area contributed by atoms with Crippen LogP contribution in [0.2, 0.25) is 36.3 Å². The molecule has 238 valence electrons. The molecule has 0 unspecified atom stereocenters. The fraction of sp³-hybridized carbons (Fsp3) is 0.774. The highest BCUT2D eigenvalue weighted by Crippen LogP contribution is 2.48. The number of amides is 2. The second-order valence-corrected chi connectivity index (χ2v) is 25.0. The first kappa shape index (κ1) is 34.5. The van der Waals surface area contributed by atoms with Crippen molar-refractivity contribution >= 4 is 34.6 Å². The zero-order valence-electron chi connectivity index (χ0n) is 27.7. The molecule has 0 aromatic rings. The van der Waals surface area contributed by atoms with Gasteiger partial charge in [0.15, 0.2) is 16.6 Å². The number of fused-ring (bicyclic) bond motifs is 1. The van der Waals surface area contributed by atoms with Crippen LogP contribution < -0.4 is 0 Å². The fourth-order valence-corrected chi connectivity index (χ4v) is 8.34. The van der Waals surface area contributed by atoms with Gasteiger partial charge in [0.05, 0.1) is 30.7 Å². The average molecular weight is 623 g/mol. The van der Waals surface area contributed by atoms with E-state index in [1.54, 1.807) is 11.0 Å². The van der Waals surface area contributed by atoms with E-state index in [0.717, 1.165) is 5.57 Å². The first-order valence-corrected chi connectivity index (χ1v) is 21.1. The number of carbonyl (C=O) groups is 3. The fourth-order valence-electron chi connectivity index (χ4n) is 5.87. The van der Waals surface area contributed by atoms with Gasteiger partial charge in [0, 0.05) is 6.54 Å². The minimum absolute atomic E-state index is 0.00502. The highest BCUT2D eigenvalue weighted by atomic mass is 28.4. The second kappa shape index (κ2) is 12.2. The van der Waals surface area contributed by atoms with E-state index in [1.807, 2.05) is 6.92 Å². The van der Waals surface area contributed by atoms with Crippen LogP contribution in [-0.2, 0) is 23.2 Å². The van der Waals surface area contributed by atoms with E-state index in [-0.39, 0.29) is 58.3 Å². The van der Waals surface area contributed by atoms with Crippen LogP contribution in [0.1, 0.15) is 67.7 Å². The third-order valence-electron chi connectivity index (χ3n) is 10.3. The van der Waals surface area contributed by atoms with Crippen molar-refractivity contribution in [2.45, 2.75) is 122 Å². The number of carboxylic acids is 1. The van der Waals surface area contributed by atoms with E-state index in [4.69, 9.17) is 13.6 Å². The van der Waals surface area contributed by atoms with E-state index < -0.39 is 28.7 Å². The van der Waals surface area contributed by atoms with Crippen molar-refractivity contribution in [3.8, 4) is 0 Å². The number of hydrogen-bond acceptors (Lipinski definition) is 6. The van der Waals surface area contributed by atoms with Gasteiger partial charge in [0.2, 0.25) is 5.91 Å². The topological polar surface area (TPSA) is 106 Å². The highest BCUT2D eigenvalue weighted by molar-refractivity contribution is 6.74. The predicted octanol–water partition coefficient (Wildman–Crippen LogP) is 6.39. The van der Waals surface area contributed by atoms with Crippen LogP contribution >= 0.6 is 0 Å². The molecule has 42 heavy (non-hydrogen) atoms. The van der Waals surface area contributed by atoms with E-state index in [0.29, 0.717) is 32.4 Å². The van der Waals surface area contributed by atoms with Crippen molar-refractivity contribution < 1.29 is 33.1 Å². The van der Waals surface area contributed by atoms with E-state index in [1.165, 1.54) is 4.90 Å². The third kappa shape index (κ3) is 6.89. The lowest BCUT2D eigenvalue weighted by Crippen LogP contribution is -2.63. The van der Waals surface area contributed by atoms with Gasteiger partial charge >= 0.3 is 12.1 Å². The minimum Gasteiger partial charge on any atom is -0.477 e. The summed E-state index contributed by atoms with van der Waals surface area (Å²) in [6, 6.07) is -0.368. The summed E-state index contributed by atoms with van der Waals surface area (Å²) in [6.07, 6.45) is 2.56. The SMILES string of the molecule is C=CCOC(=O)N1C[C@@H](CC2=C(C(=O)O)N3C(=O)[C@H]([C@@H](C)O[Si](C)(C)C(C)(C)C)[C@H]3C2)C[C@H]1CO[Si](C)(C)C(C)(C)C.